The van der Waals surface area contributed by atoms with E-state index in [1.165, 1.54) is 6.08 Å². The third kappa shape index (κ3) is 3.72. The molecule has 0 saturated heterocycles. The molecular weight excluding hydrogens is 176 g/mol. The number of allylic oxidation sites excluding steroid dienone is 1. The van der Waals surface area contributed by atoms with Crippen LogP contribution >= 0.6 is 0 Å². The van der Waals surface area contributed by atoms with Crippen molar-refractivity contribution in [2.45, 2.75) is 6.42 Å². The molecule has 0 radical (unpaired) electrons. The molecule has 0 heterocycles. The lowest BCUT2D eigenvalue weighted by atomic mass is 10.1. The van der Waals surface area contributed by atoms with E-state index in [1.54, 1.807) is 6.08 Å². The highest BCUT2D eigenvalue weighted by atomic mass is 16.5. The minimum atomic E-state index is -0.393. The van der Waals surface area contributed by atoms with Crippen molar-refractivity contribution >= 4 is 5.97 Å². The zero-order valence-electron chi connectivity index (χ0n) is 7.85. The van der Waals surface area contributed by atoms with Gasteiger partial charge in [0.15, 0.2) is 0 Å². The molecule has 1 aromatic rings. The molecule has 0 fully saturated rings. The van der Waals surface area contributed by atoms with E-state index in [-0.39, 0.29) is 0 Å². The quantitative estimate of drug-likeness (QED) is 0.412. The molecular formula is C12H12O2. The SMILES string of the molecule is C=COC(=O)C=CCc1ccccc1. The third-order valence-electron chi connectivity index (χ3n) is 1.65. The normalized spacial score (nSPS) is 10.0. The fourth-order valence-electron chi connectivity index (χ4n) is 1.03. The number of hydrogen-bond donors (Lipinski definition) is 0. The van der Waals surface area contributed by atoms with Gasteiger partial charge in [-0.15, -0.1) is 0 Å². The Morgan fingerprint density at radius 3 is 2.71 bits per heavy atom. The van der Waals surface area contributed by atoms with Gasteiger partial charge in [0.25, 0.3) is 0 Å². The summed E-state index contributed by atoms with van der Waals surface area (Å²) < 4.78 is 4.52. The zero-order valence-corrected chi connectivity index (χ0v) is 7.85. The Kier molecular flexibility index (Phi) is 4.21. The van der Waals surface area contributed by atoms with Gasteiger partial charge in [-0.1, -0.05) is 43.0 Å². The van der Waals surface area contributed by atoms with E-state index < -0.39 is 5.97 Å². The fraction of sp³-hybridized carbons (Fsp3) is 0.0833. The predicted molar refractivity (Wildman–Crippen MR) is 55.6 cm³/mol. The van der Waals surface area contributed by atoms with Crippen LogP contribution in [0.15, 0.2) is 55.3 Å². The average Bonchev–Trinajstić information content (AvgIpc) is 2.20. The van der Waals surface area contributed by atoms with Crippen LogP contribution in [0, 0.1) is 0 Å². The van der Waals surface area contributed by atoms with Crippen molar-refractivity contribution in [3.63, 3.8) is 0 Å². The van der Waals surface area contributed by atoms with Gasteiger partial charge in [0.2, 0.25) is 0 Å². The summed E-state index contributed by atoms with van der Waals surface area (Å²) in [4.78, 5) is 10.9. The van der Waals surface area contributed by atoms with Crippen LogP contribution in [0.3, 0.4) is 0 Å². The summed E-state index contributed by atoms with van der Waals surface area (Å²) in [7, 11) is 0. The molecule has 1 rings (SSSR count). The molecule has 0 aliphatic heterocycles. The van der Waals surface area contributed by atoms with Crippen LogP contribution in [0.4, 0.5) is 0 Å². The van der Waals surface area contributed by atoms with Crippen molar-refractivity contribution < 1.29 is 9.53 Å². The van der Waals surface area contributed by atoms with E-state index in [0.717, 1.165) is 18.2 Å². The van der Waals surface area contributed by atoms with Gasteiger partial charge in [0.05, 0.1) is 6.26 Å². The Labute approximate surface area is 83.5 Å². The van der Waals surface area contributed by atoms with Crippen LogP contribution in [0.2, 0.25) is 0 Å². The molecule has 0 aromatic heterocycles. The van der Waals surface area contributed by atoms with Crippen molar-refractivity contribution in [3.8, 4) is 0 Å². The Morgan fingerprint density at radius 2 is 2.07 bits per heavy atom. The fourth-order valence-corrected chi connectivity index (χ4v) is 1.03. The second-order valence-corrected chi connectivity index (χ2v) is 2.70. The van der Waals surface area contributed by atoms with Gasteiger partial charge < -0.3 is 4.74 Å². The minimum Gasteiger partial charge on any atom is -0.432 e. The number of esters is 1. The lowest BCUT2D eigenvalue weighted by Gasteiger charge is -1.94. The number of ether oxygens (including phenoxy) is 1. The van der Waals surface area contributed by atoms with E-state index in [2.05, 4.69) is 11.3 Å². The summed E-state index contributed by atoms with van der Waals surface area (Å²) in [6.07, 6.45) is 5.01. The van der Waals surface area contributed by atoms with Crippen molar-refractivity contribution in [1.82, 2.24) is 0 Å². The maximum atomic E-state index is 10.9. The molecule has 0 N–H and O–H groups in total. The third-order valence-corrected chi connectivity index (χ3v) is 1.65. The Bertz CT molecular complexity index is 325. The van der Waals surface area contributed by atoms with Crippen molar-refractivity contribution in [2.75, 3.05) is 0 Å². The molecule has 0 amide bonds. The Hall–Kier alpha value is -1.83. The smallest absolute Gasteiger partial charge is 0.335 e. The summed E-state index contributed by atoms with van der Waals surface area (Å²) in [6.45, 7) is 3.29. The molecule has 0 aliphatic carbocycles. The van der Waals surface area contributed by atoms with Gasteiger partial charge in [-0.25, -0.2) is 4.79 Å². The van der Waals surface area contributed by atoms with E-state index in [0.29, 0.717) is 0 Å². The second-order valence-electron chi connectivity index (χ2n) is 2.70. The highest BCUT2D eigenvalue weighted by Crippen LogP contribution is 2.00. The average molecular weight is 188 g/mol. The van der Waals surface area contributed by atoms with Gasteiger partial charge in [-0.2, -0.15) is 0 Å². The summed E-state index contributed by atoms with van der Waals surface area (Å²) >= 11 is 0. The monoisotopic (exact) mass is 188 g/mol. The van der Waals surface area contributed by atoms with Crippen molar-refractivity contribution in [3.05, 3.63) is 60.9 Å². The van der Waals surface area contributed by atoms with Gasteiger partial charge in [0, 0.05) is 6.08 Å². The number of hydrogen-bond acceptors (Lipinski definition) is 2. The van der Waals surface area contributed by atoms with Crippen LogP contribution in [-0.2, 0) is 16.0 Å². The zero-order chi connectivity index (χ0) is 10.2. The van der Waals surface area contributed by atoms with E-state index in [1.807, 2.05) is 30.3 Å². The highest BCUT2D eigenvalue weighted by molar-refractivity contribution is 5.82. The lowest BCUT2D eigenvalue weighted by molar-refractivity contribution is -0.132. The summed E-state index contributed by atoms with van der Waals surface area (Å²) in [6, 6.07) is 9.89. The maximum absolute atomic E-state index is 10.9. The Balaban J connectivity index is 2.41. The van der Waals surface area contributed by atoms with Gasteiger partial charge in [0.1, 0.15) is 0 Å². The molecule has 0 atom stereocenters. The van der Waals surface area contributed by atoms with Gasteiger partial charge in [-0.3, -0.25) is 0 Å². The van der Waals surface area contributed by atoms with Crippen LogP contribution in [0.1, 0.15) is 5.56 Å². The molecule has 2 nitrogen and oxygen atoms in total. The van der Waals surface area contributed by atoms with Gasteiger partial charge >= 0.3 is 5.97 Å². The first kappa shape index (κ1) is 10.3. The maximum Gasteiger partial charge on any atom is 0.335 e. The van der Waals surface area contributed by atoms with E-state index >= 15 is 0 Å². The Morgan fingerprint density at radius 1 is 1.36 bits per heavy atom. The molecule has 0 saturated carbocycles. The largest absolute Gasteiger partial charge is 0.432 e. The number of rotatable bonds is 4. The topological polar surface area (TPSA) is 26.3 Å². The lowest BCUT2D eigenvalue weighted by Crippen LogP contribution is -1.93. The first-order valence-corrected chi connectivity index (χ1v) is 4.35. The summed E-state index contributed by atoms with van der Waals surface area (Å²) in [5, 5.41) is 0. The summed E-state index contributed by atoms with van der Waals surface area (Å²) in [5.41, 5.74) is 1.16. The van der Waals surface area contributed by atoms with E-state index in [9.17, 15) is 4.79 Å². The predicted octanol–water partition coefficient (Wildman–Crippen LogP) is 2.47. The standard InChI is InChI=1S/C12H12O2/c1-2-14-12(13)10-6-9-11-7-4-3-5-8-11/h2-8,10H,1,9H2. The first-order chi connectivity index (χ1) is 6.83. The van der Waals surface area contributed by atoms with Crippen LogP contribution in [-0.4, -0.2) is 5.97 Å². The molecule has 0 aliphatic rings. The van der Waals surface area contributed by atoms with Crippen molar-refractivity contribution in [2.24, 2.45) is 0 Å². The first-order valence-electron chi connectivity index (χ1n) is 4.35. The van der Waals surface area contributed by atoms with Crippen LogP contribution in [0.5, 0.6) is 0 Å². The molecule has 2 heteroatoms. The van der Waals surface area contributed by atoms with Gasteiger partial charge in [-0.05, 0) is 12.0 Å². The summed E-state index contributed by atoms with van der Waals surface area (Å²) in [5.74, 6) is -0.393. The second kappa shape index (κ2) is 5.75. The molecule has 0 bridgehead atoms. The number of carbonyl (C=O) groups excluding carboxylic acids is 1. The molecule has 0 spiro atoms. The molecule has 0 unspecified atom stereocenters. The molecule has 14 heavy (non-hydrogen) atoms. The van der Waals surface area contributed by atoms with Crippen LogP contribution in [0.25, 0.3) is 0 Å². The number of carbonyl (C=O) groups is 1. The number of benzene rings is 1. The molecule has 72 valence electrons. The minimum absolute atomic E-state index is 0.393. The van der Waals surface area contributed by atoms with E-state index in [4.69, 9.17) is 0 Å². The molecule has 1 aromatic carbocycles. The van der Waals surface area contributed by atoms with Crippen LogP contribution < -0.4 is 0 Å². The highest BCUT2D eigenvalue weighted by Gasteiger charge is 1.91. The van der Waals surface area contributed by atoms with Crippen molar-refractivity contribution in [1.29, 1.82) is 0 Å².